The first kappa shape index (κ1) is 16.1. The molecule has 1 unspecified atom stereocenters. The number of ether oxygens (including phenoxy) is 1. The topological polar surface area (TPSA) is 55.4 Å². The summed E-state index contributed by atoms with van der Waals surface area (Å²) >= 11 is 0. The molecule has 0 aliphatic heterocycles. The first-order chi connectivity index (χ1) is 9.11. The highest BCUT2D eigenvalue weighted by molar-refractivity contribution is 6.01. The van der Waals surface area contributed by atoms with Gasteiger partial charge in [0.05, 0.1) is 11.6 Å². The third kappa shape index (κ3) is 4.33. The average Bonchev–Trinajstić information content (AvgIpc) is 2.29. The smallest absolute Gasteiger partial charge is 0.408 e. The Morgan fingerprint density at radius 1 is 1.30 bits per heavy atom. The molecule has 20 heavy (non-hydrogen) atoms. The second-order valence-electron chi connectivity index (χ2n) is 5.67. The monoisotopic (exact) mass is 281 g/mol. The Labute approximate surface area is 118 Å². The molecule has 0 saturated carbocycles. The van der Waals surface area contributed by atoms with Crippen LogP contribution in [0.1, 0.15) is 43.6 Å². The van der Waals surface area contributed by atoms with Crippen molar-refractivity contribution in [1.82, 2.24) is 5.32 Å². The highest BCUT2D eigenvalue weighted by Gasteiger charge is 2.23. The Morgan fingerprint density at radius 2 is 1.90 bits per heavy atom. The molecule has 1 amide bonds. The summed E-state index contributed by atoms with van der Waals surface area (Å²) in [6, 6.07) is 3.73. The Morgan fingerprint density at radius 3 is 2.45 bits per heavy atom. The summed E-state index contributed by atoms with van der Waals surface area (Å²) in [5.74, 6) is -1.05. The molecule has 1 aromatic rings. The van der Waals surface area contributed by atoms with Crippen molar-refractivity contribution < 1.29 is 18.7 Å². The van der Waals surface area contributed by atoms with E-state index in [2.05, 4.69) is 5.32 Å². The number of hydrogen-bond donors (Lipinski definition) is 1. The van der Waals surface area contributed by atoms with Crippen LogP contribution in [0, 0.1) is 12.7 Å². The van der Waals surface area contributed by atoms with Crippen molar-refractivity contribution in [1.29, 1.82) is 0 Å². The van der Waals surface area contributed by atoms with Crippen LogP contribution in [0.3, 0.4) is 0 Å². The number of halogens is 1. The normalized spacial score (nSPS) is 12.7. The van der Waals surface area contributed by atoms with E-state index in [1.807, 2.05) is 0 Å². The molecule has 0 radical (unpaired) electrons. The molecule has 0 bridgehead atoms. The number of ketones is 1. The van der Waals surface area contributed by atoms with Gasteiger partial charge in [0.1, 0.15) is 11.4 Å². The molecule has 1 atom stereocenters. The number of Topliss-reactive ketones (excluding diaryl/α,β-unsaturated/α-hetero) is 1. The summed E-state index contributed by atoms with van der Waals surface area (Å²) in [5, 5.41) is 2.40. The van der Waals surface area contributed by atoms with Crippen molar-refractivity contribution in [3.8, 4) is 0 Å². The number of nitrogens with one attached hydrogen (secondary N) is 1. The molecular formula is C15H20FNO3. The summed E-state index contributed by atoms with van der Waals surface area (Å²) < 4.78 is 18.9. The standard InChI is InChI=1S/C15H20FNO3/c1-9-7-6-8-11(12(9)16)13(18)10(2)17-14(19)20-15(3,4)5/h6-8,10H,1-5H3,(H,17,19). The van der Waals surface area contributed by atoms with E-state index in [4.69, 9.17) is 4.74 Å². The van der Waals surface area contributed by atoms with Crippen molar-refractivity contribution >= 4 is 11.9 Å². The maximum atomic E-state index is 13.9. The van der Waals surface area contributed by atoms with Crippen LogP contribution in [0.5, 0.6) is 0 Å². The molecule has 110 valence electrons. The number of amides is 1. The molecule has 0 aromatic heterocycles. The van der Waals surface area contributed by atoms with Gasteiger partial charge in [-0.3, -0.25) is 4.79 Å². The van der Waals surface area contributed by atoms with Gasteiger partial charge in [0.25, 0.3) is 0 Å². The zero-order valence-corrected chi connectivity index (χ0v) is 12.4. The van der Waals surface area contributed by atoms with Crippen molar-refractivity contribution in [2.75, 3.05) is 0 Å². The molecule has 1 aromatic carbocycles. The minimum Gasteiger partial charge on any atom is -0.444 e. The lowest BCUT2D eigenvalue weighted by molar-refractivity contribution is 0.0496. The predicted molar refractivity (Wildman–Crippen MR) is 74.3 cm³/mol. The van der Waals surface area contributed by atoms with Crippen molar-refractivity contribution in [3.63, 3.8) is 0 Å². The number of aryl methyl sites for hydroxylation is 1. The van der Waals surface area contributed by atoms with Crippen LogP contribution < -0.4 is 5.32 Å². The van der Waals surface area contributed by atoms with E-state index in [9.17, 15) is 14.0 Å². The fourth-order valence-corrected chi connectivity index (χ4v) is 1.62. The molecule has 1 N–H and O–H groups in total. The lowest BCUT2D eigenvalue weighted by atomic mass is 10.0. The highest BCUT2D eigenvalue weighted by atomic mass is 19.1. The van der Waals surface area contributed by atoms with Gasteiger partial charge in [-0.2, -0.15) is 0 Å². The number of carbonyl (C=O) groups is 2. The molecule has 0 aliphatic rings. The van der Waals surface area contributed by atoms with Gasteiger partial charge in [-0.05, 0) is 46.2 Å². The van der Waals surface area contributed by atoms with E-state index in [0.717, 1.165) is 0 Å². The third-order valence-corrected chi connectivity index (χ3v) is 2.58. The fraction of sp³-hybridized carbons (Fsp3) is 0.467. The summed E-state index contributed by atoms with van der Waals surface area (Å²) in [6.07, 6.45) is -0.702. The molecule has 0 saturated heterocycles. The molecule has 5 heteroatoms. The number of hydrogen-bond acceptors (Lipinski definition) is 3. The zero-order chi connectivity index (χ0) is 15.5. The average molecular weight is 281 g/mol. The second kappa shape index (κ2) is 6.03. The molecule has 0 spiro atoms. The van der Waals surface area contributed by atoms with Gasteiger partial charge in [-0.15, -0.1) is 0 Å². The highest BCUT2D eigenvalue weighted by Crippen LogP contribution is 2.14. The maximum absolute atomic E-state index is 13.9. The van der Waals surface area contributed by atoms with Crippen LogP contribution in [0.25, 0.3) is 0 Å². The number of carbonyl (C=O) groups excluding carboxylic acids is 2. The van der Waals surface area contributed by atoms with Gasteiger partial charge < -0.3 is 10.1 Å². The van der Waals surface area contributed by atoms with E-state index >= 15 is 0 Å². The van der Waals surface area contributed by atoms with Gasteiger partial charge in [-0.1, -0.05) is 12.1 Å². The van der Waals surface area contributed by atoms with Crippen molar-refractivity contribution in [2.24, 2.45) is 0 Å². The van der Waals surface area contributed by atoms with Gasteiger partial charge in [0, 0.05) is 0 Å². The quantitative estimate of drug-likeness (QED) is 0.865. The lowest BCUT2D eigenvalue weighted by Gasteiger charge is -2.21. The van der Waals surface area contributed by atoms with E-state index in [1.54, 1.807) is 39.8 Å². The Balaban J connectivity index is 2.77. The van der Waals surface area contributed by atoms with E-state index in [-0.39, 0.29) is 5.56 Å². The van der Waals surface area contributed by atoms with Crippen LogP contribution in [-0.4, -0.2) is 23.5 Å². The molecular weight excluding hydrogens is 261 g/mol. The third-order valence-electron chi connectivity index (χ3n) is 2.58. The molecule has 0 fully saturated rings. The largest absolute Gasteiger partial charge is 0.444 e. The molecule has 0 heterocycles. The maximum Gasteiger partial charge on any atom is 0.408 e. The first-order valence-corrected chi connectivity index (χ1v) is 6.40. The number of rotatable bonds is 3. The summed E-state index contributed by atoms with van der Waals surface area (Å²) in [7, 11) is 0. The lowest BCUT2D eigenvalue weighted by Crippen LogP contribution is -2.42. The Bertz CT molecular complexity index is 520. The summed E-state index contributed by atoms with van der Waals surface area (Å²) in [6.45, 7) is 8.24. The zero-order valence-electron chi connectivity index (χ0n) is 12.4. The van der Waals surface area contributed by atoms with Gasteiger partial charge in [0.15, 0.2) is 5.78 Å². The van der Waals surface area contributed by atoms with Crippen molar-refractivity contribution in [2.45, 2.75) is 46.3 Å². The van der Waals surface area contributed by atoms with Crippen LogP contribution in [0.2, 0.25) is 0 Å². The van der Waals surface area contributed by atoms with E-state index < -0.39 is 29.3 Å². The van der Waals surface area contributed by atoms with Crippen LogP contribution in [0.4, 0.5) is 9.18 Å². The predicted octanol–water partition coefficient (Wildman–Crippen LogP) is 3.23. The van der Waals surface area contributed by atoms with Crippen LogP contribution in [0.15, 0.2) is 18.2 Å². The molecule has 0 aliphatic carbocycles. The Kier molecular flexibility index (Phi) is 4.87. The van der Waals surface area contributed by atoms with Gasteiger partial charge >= 0.3 is 6.09 Å². The summed E-state index contributed by atoms with van der Waals surface area (Å²) in [4.78, 5) is 23.7. The second-order valence-corrected chi connectivity index (χ2v) is 5.67. The number of benzene rings is 1. The fourth-order valence-electron chi connectivity index (χ4n) is 1.62. The first-order valence-electron chi connectivity index (χ1n) is 6.40. The van der Waals surface area contributed by atoms with Gasteiger partial charge in [-0.25, -0.2) is 9.18 Å². The van der Waals surface area contributed by atoms with Crippen LogP contribution >= 0.6 is 0 Å². The van der Waals surface area contributed by atoms with Crippen molar-refractivity contribution in [3.05, 3.63) is 35.1 Å². The van der Waals surface area contributed by atoms with Crippen LogP contribution in [-0.2, 0) is 4.74 Å². The van der Waals surface area contributed by atoms with E-state index in [0.29, 0.717) is 5.56 Å². The van der Waals surface area contributed by atoms with E-state index in [1.165, 1.54) is 13.0 Å². The minimum atomic E-state index is -0.860. The minimum absolute atomic E-state index is 0.0337. The molecule has 4 nitrogen and oxygen atoms in total. The van der Waals surface area contributed by atoms with Gasteiger partial charge in [0.2, 0.25) is 0 Å². The number of alkyl carbamates (subject to hydrolysis) is 1. The molecule has 1 rings (SSSR count). The Hall–Kier alpha value is -1.91. The SMILES string of the molecule is Cc1cccc(C(=O)C(C)NC(=O)OC(C)(C)C)c1F. The summed E-state index contributed by atoms with van der Waals surface area (Å²) in [5.41, 5.74) is -0.296.